The fraction of sp³-hybridized carbons (Fsp3) is 0.200. The molecule has 0 saturated carbocycles. The summed E-state index contributed by atoms with van der Waals surface area (Å²) in [6.07, 6.45) is 6.62. The molecule has 0 radical (unpaired) electrons. The number of fused-ring (bicyclic) bond motifs is 1. The van der Waals surface area contributed by atoms with Gasteiger partial charge in [0.05, 0.1) is 36.4 Å². The maximum atomic E-state index is 12.6. The van der Waals surface area contributed by atoms with Crippen LogP contribution < -0.4 is 5.32 Å². The van der Waals surface area contributed by atoms with Gasteiger partial charge in [0, 0.05) is 22.6 Å². The number of benzene rings is 1. The molecule has 3 aromatic heterocycles. The standard InChI is InChI=1S/C20H19ClN6O/c1-13(2)27-19-15(8-24-27)7-17(10-22-19)25-20(28)16-9-23-26(12-16)11-14-5-3-4-6-18(14)21/h3-10,12-13H,11H2,1-2H3,(H,25,28). The van der Waals surface area contributed by atoms with Gasteiger partial charge < -0.3 is 5.32 Å². The summed E-state index contributed by atoms with van der Waals surface area (Å²) in [6, 6.07) is 9.64. The molecule has 0 aliphatic carbocycles. The third kappa shape index (κ3) is 3.61. The van der Waals surface area contributed by atoms with Crippen molar-refractivity contribution in [2.75, 3.05) is 5.32 Å². The Hall–Kier alpha value is -3.19. The van der Waals surface area contributed by atoms with Crippen LogP contribution in [0.25, 0.3) is 11.0 Å². The molecular formula is C20H19ClN6O. The Labute approximate surface area is 167 Å². The molecule has 1 amide bonds. The number of carbonyl (C=O) groups excluding carboxylic acids is 1. The molecular weight excluding hydrogens is 376 g/mol. The van der Waals surface area contributed by atoms with Crippen molar-refractivity contribution in [3.05, 3.63) is 71.3 Å². The summed E-state index contributed by atoms with van der Waals surface area (Å²) >= 11 is 6.19. The van der Waals surface area contributed by atoms with Gasteiger partial charge in [-0.05, 0) is 31.5 Å². The number of carbonyl (C=O) groups is 1. The van der Waals surface area contributed by atoms with Crippen LogP contribution in [0.1, 0.15) is 35.8 Å². The van der Waals surface area contributed by atoms with E-state index in [2.05, 4.69) is 20.5 Å². The van der Waals surface area contributed by atoms with E-state index in [0.29, 0.717) is 22.8 Å². The minimum absolute atomic E-state index is 0.217. The molecule has 0 saturated heterocycles. The topological polar surface area (TPSA) is 77.6 Å². The maximum absolute atomic E-state index is 12.6. The largest absolute Gasteiger partial charge is 0.320 e. The Morgan fingerprint density at radius 2 is 2.00 bits per heavy atom. The van der Waals surface area contributed by atoms with Gasteiger partial charge >= 0.3 is 0 Å². The second kappa shape index (κ2) is 7.44. The van der Waals surface area contributed by atoms with Crippen molar-refractivity contribution in [1.29, 1.82) is 0 Å². The average Bonchev–Trinajstić information content (AvgIpc) is 3.30. The summed E-state index contributed by atoms with van der Waals surface area (Å²) in [7, 11) is 0. The number of hydrogen-bond donors (Lipinski definition) is 1. The fourth-order valence-corrected chi connectivity index (χ4v) is 3.15. The molecule has 142 valence electrons. The highest BCUT2D eigenvalue weighted by atomic mass is 35.5. The first kappa shape index (κ1) is 18.2. The number of nitrogens with zero attached hydrogens (tertiary/aromatic N) is 5. The molecule has 28 heavy (non-hydrogen) atoms. The van der Waals surface area contributed by atoms with Gasteiger partial charge in [-0.1, -0.05) is 29.8 Å². The fourth-order valence-electron chi connectivity index (χ4n) is 2.96. The molecule has 8 heteroatoms. The van der Waals surface area contributed by atoms with Gasteiger partial charge in [-0.3, -0.25) is 9.48 Å². The van der Waals surface area contributed by atoms with E-state index in [1.54, 1.807) is 23.3 Å². The molecule has 4 aromatic rings. The minimum atomic E-state index is -0.247. The average molecular weight is 395 g/mol. The Kier molecular flexibility index (Phi) is 4.83. The van der Waals surface area contributed by atoms with Gasteiger partial charge in [0.2, 0.25) is 0 Å². The molecule has 1 N–H and O–H groups in total. The van der Waals surface area contributed by atoms with E-state index in [-0.39, 0.29) is 11.9 Å². The lowest BCUT2D eigenvalue weighted by Gasteiger charge is -2.07. The molecule has 0 aliphatic rings. The van der Waals surface area contributed by atoms with Crippen molar-refractivity contribution in [2.45, 2.75) is 26.4 Å². The predicted octanol–water partition coefficient (Wildman–Crippen LogP) is 4.16. The van der Waals surface area contributed by atoms with Gasteiger partial charge in [0.25, 0.3) is 5.91 Å². The zero-order chi connectivity index (χ0) is 19.7. The molecule has 0 unspecified atom stereocenters. The number of pyridine rings is 1. The summed E-state index contributed by atoms with van der Waals surface area (Å²) in [6.45, 7) is 4.59. The SMILES string of the molecule is CC(C)n1ncc2cc(NC(=O)c3cnn(Cc4ccccc4Cl)c3)cnc21. The Morgan fingerprint density at radius 1 is 1.18 bits per heavy atom. The van der Waals surface area contributed by atoms with Gasteiger partial charge in [-0.2, -0.15) is 10.2 Å². The Morgan fingerprint density at radius 3 is 2.79 bits per heavy atom. The summed E-state index contributed by atoms with van der Waals surface area (Å²) in [5, 5.41) is 13.0. The van der Waals surface area contributed by atoms with Gasteiger partial charge in [-0.25, -0.2) is 9.67 Å². The summed E-state index contributed by atoms with van der Waals surface area (Å²) in [5.41, 5.74) is 2.81. The summed E-state index contributed by atoms with van der Waals surface area (Å²) in [4.78, 5) is 17.0. The van der Waals surface area contributed by atoms with Crippen molar-refractivity contribution in [3.63, 3.8) is 0 Å². The number of aromatic nitrogens is 5. The van der Waals surface area contributed by atoms with E-state index < -0.39 is 0 Å². The lowest BCUT2D eigenvalue weighted by molar-refractivity contribution is 0.102. The van der Waals surface area contributed by atoms with Crippen molar-refractivity contribution < 1.29 is 4.79 Å². The number of hydrogen-bond acceptors (Lipinski definition) is 4. The third-order valence-corrected chi connectivity index (χ3v) is 4.73. The predicted molar refractivity (Wildman–Crippen MR) is 109 cm³/mol. The van der Waals surface area contributed by atoms with E-state index in [0.717, 1.165) is 16.6 Å². The third-order valence-electron chi connectivity index (χ3n) is 4.37. The van der Waals surface area contributed by atoms with E-state index in [9.17, 15) is 4.79 Å². The Balaban J connectivity index is 1.49. The van der Waals surface area contributed by atoms with E-state index >= 15 is 0 Å². The van der Waals surface area contributed by atoms with Crippen LogP contribution in [0.5, 0.6) is 0 Å². The number of anilines is 1. The highest BCUT2D eigenvalue weighted by Crippen LogP contribution is 2.20. The van der Waals surface area contributed by atoms with Gasteiger partial charge in [0.1, 0.15) is 0 Å². The molecule has 7 nitrogen and oxygen atoms in total. The number of rotatable bonds is 5. The van der Waals surface area contributed by atoms with Crippen molar-refractivity contribution in [1.82, 2.24) is 24.5 Å². The summed E-state index contributed by atoms with van der Waals surface area (Å²) in [5.74, 6) is -0.247. The molecule has 0 spiro atoms. The van der Waals surface area contributed by atoms with E-state index in [4.69, 9.17) is 11.6 Å². The molecule has 3 heterocycles. The minimum Gasteiger partial charge on any atom is -0.320 e. The van der Waals surface area contributed by atoms with Crippen LogP contribution in [0, 0.1) is 0 Å². The molecule has 0 aliphatic heterocycles. The van der Waals surface area contributed by atoms with Crippen LogP contribution in [-0.2, 0) is 6.54 Å². The molecule has 0 fully saturated rings. The van der Waals surface area contributed by atoms with Crippen LogP contribution in [0.4, 0.5) is 5.69 Å². The van der Waals surface area contributed by atoms with E-state index in [1.165, 1.54) is 6.20 Å². The zero-order valence-electron chi connectivity index (χ0n) is 15.5. The lowest BCUT2D eigenvalue weighted by Crippen LogP contribution is -2.11. The highest BCUT2D eigenvalue weighted by Gasteiger charge is 2.12. The van der Waals surface area contributed by atoms with Crippen molar-refractivity contribution in [3.8, 4) is 0 Å². The monoisotopic (exact) mass is 394 g/mol. The maximum Gasteiger partial charge on any atom is 0.258 e. The van der Waals surface area contributed by atoms with E-state index in [1.807, 2.05) is 48.9 Å². The number of halogens is 1. The van der Waals surface area contributed by atoms with Crippen LogP contribution in [0.3, 0.4) is 0 Å². The van der Waals surface area contributed by atoms with Crippen molar-refractivity contribution in [2.24, 2.45) is 0 Å². The molecule has 1 aromatic carbocycles. The first-order valence-electron chi connectivity index (χ1n) is 8.92. The van der Waals surface area contributed by atoms with Gasteiger partial charge in [-0.15, -0.1) is 0 Å². The summed E-state index contributed by atoms with van der Waals surface area (Å²) < 4.78 is 3.53. The van der Waals surface area contributed by atoms with Crippen molar-refractivity contribution >= 4 is 34.2 Å². The van der Waals surface area contributed by atoms with Gasteiger partial charge in [0.15, 0.2) is 5.65 Å². The lowest BCUT2D eigenvalue weighted by atomic mass is 10.2. The first-order valence-corrected chi connectivity index (χ1v) is 9.29. The number of amides is 1. The van der Waals surface area contributed by atoms with Crippen LogP contribution in [0.15, 0.2) is 55.1 Å². The molecule has 0 atom stereocenters. The Bertz CT molecular complexity index is 1150. The quantitative estimate of drug-likeness (QED) is 0.551. The second-order valence-corrected chi connectivity index (χ2v) is 7.20. The van der Waals surface area contributed by atoms with Crippen LogP contribution in [0.2, 0.25) is 5.02 Å². The zero-order valence-corrected chi connectivity index (χ0v) is 16.3. The highest BCUT2D eigenvalue weighted by molar-refractivity contribution is 6.31. The van der Waals surface area contributed by atoms with Crippen LogP contribution >= 0.6 is 11.6 Å². The number of nitrogens with one attached hydrogen (secondary N) is 1. The smallest absolute Gasteiger partial charge is 0.258 e. The molecule has 0 bridgehead atoms. The van der Waals surface area contributed by atoms with Crippen LogP contribution in [-0.4, -0.2) is 30.5 Å². The second-order valence-electron chi connectivity index (χ2n) is 6.79. The normalized spacial score (nSPS) is 11.3. The molecule has 4 rings (SSSR count). The first-order chi connectivity index (χ1) is 13.5.